The van der Waals surface area contributed by atoms with Crippen LogP contribution in [0.3, 0.4) is 0 Å². The summed E-state index contributed by atoms with van der Waals surface area (Å²) in [7, 11) is -2.89. The fourth-order valence-electron chi connectivity index (χ4n) is 3.50. The Balaban J connectivity index is 0.00000261. The Morgan fingerprint density at radius 2 is 2.19 bits per heavy atom. The van der Waals surface area contributed by atoms with E-state index in [-0.39, 0.29) is 53.3 Å². The van der Waals surface area contributed by atoms with E-state index in [2.05, 4.69) is 24.1 Å². The van der Waals surface area contributed by atoms with Crippen molar-refractivity contribution in [1.82, 2.24) is 10.2 Å². The Labute approximate surface area is 178 Å². The quantitative estimate of drug-likeness (QED) is 0.385. The third kappa shape index (κ3) is 6.04. The van der Waals surface area contributed by atoms with Crippen molar-refractivity contribution in [2.24, 2.45) is 10.9 Å². The third-order valence-corrected chi connectivity index (χ3v) is 7.13. The molecule has 0 saturated carbocycles. The van der Waals surface area contributed by atoms with Crippen LogP contribution >= 0.6 is 24.0 Å². The highest BCUT2D eigenvalue weighted by Gasteiger charge is 2.28. The van der Waals surface area contributed by atoms with Gasteiger partial charge in [0.05, 0.1) is 11.5 Å². The van der Waals surface area contributed by atoms with Crippen molar-refractivity contribution in [2.45, 2.75) is 45.7 Å². The van der Waals surface area contributed by atoms with E-state index < -0.39 is 9.84 Å². The van der Waals surface area contributed by atoms with Gasteiger partial charge in [-0.25, -0.2) is 12.8 Å². The average Bonchev–Trinajstić information content (AvgIpc) is 2.96. The number of nitrogens with one attached hydrogen (secondary N) is 1. The van der Waals surface area contributed by atoms with Gasteiger partial charge in [0.15, 0.2) is 15.8 Å². The van der Waals surface area contributed by atoms with Crippen LogP contribution in [0.25, 0.3) is 0 Å². The molecular formula is C19H29FIN3O2S. The minimum absolute atomic E-state index is 0. The van der Waals surface area contributed by atoms with Crippen LogP contribution in [0.4, 0.5) is 4.39 Å². The summed E-state index contributed by atoms with van der Waals surface area (Å²) in [5, 5.41) is 3.46. The Kier molecular flexibility index (Phi) is 7.91. The van der Waals surface area contributed by atoms with Gasteiger partial charge in [0.1, 0.15) is 5.82 Å². The molecule has 1 fully saturated rings. The molecule has 2 heterocycles. The van der Waals surface area contributed by atoms with Crippen molar-refractivity contribution in [3.05, 3.63) is 35.1 Å². The van der Waals surface area contributed by atoms with Crippen LogP contribution in [-0.2, 0) is 22.8 Å². The van der Waals surface area contributed by atoms with Crippen LogP contribution in [0.1, 0.15) is 37.8 Å². The molecule has 0 aromatic heterocycles. The molecule has 0 radical (unpaired) electrons. The third-order valence-electron chi connectivity index (χ3n) is 5.29. The minimum Gasteiger partial charge on any atom is -0.354 e. The number of aliphatic imine (C=N–C) groups is 1. The van der Waals surface area contributed by atoms with Crippen LogP contribution in [0, 0.1) is 11.7 Å². The monoisotopic (exact) mass is 509 g/mol. The van der Waals surface area contributed by atoms with Gasteiger partial charge in [-0.1, -0.05) is 13.0 Å². The first-order valence-corrected chi connectivity index (χ1v) is 11.2. The topological polar surface area (TPSA) is 61.8 Å². The second-order valence-electron chi connectivity index (χ2n) is 7.47. The molecule has 2 atom stereocenters. The first kappa shape index (κ1) is 22.4. The first-order chi connectivity index (χ1) is 12.4. The molecule has 1 saturated heterocycles. The number of guanidine groups is 1. The molecule has 0 aliphatic carbocycles. The molecule has 152 valence electrons. The number of rotatable bonds is 4. The fraction of sp³-hybridized carbons (Fsp3) is 0.632. The lowest BCUT2D eigenvalue weighted by Crippen LogP contribution is -2.47. The summed E-state index contributed by atoms with van der Waals surface area (Å²) in [5.74, 6) is 1.20. The highest BCUT2D eigenvalue weighted by molar-refractivity contribution is 14.0. The lowest BCUT2D eigenvalue weighted by atomic mass is 10.00. The van der Waals surface area contributed by atoms with Crippen LogP contribution in [-0.4, -0.2) is 49.9 Å². The van der Waals surface area contributed by atoms with E-state index in [1.165, 1.54) is 11.6 Å². The predicted octanol–water partition coefficient (Wildman–Crippen LogP) is 2.98. The Hall–Kier alpha value is -0.900. The molecule has 0 bridgehead atoms. The van der Waals surface area contributed by atoms with Crippen molar-refractivity contribution in [2.75, 3.05) is 24.6 Å². The van der Waals surface area contributed by atoms with Gasteiger partial charge in [0, 0.05) is 25.7 Å². The zero-order valence-corrected chi connectivity index (χ0v) is 19.1. The highest BCUT2D eigenvalue weighted by Crippen LogP contribution is 2.21. The second-order valence-corrected chi connectivity index (χ2v) is 9.70. The number of hydrogen-bond donors (Lipinski definition) is 1. The fourth-order valence-corrected chi connectivity index (χ4v) is 5.35. The standard InChI is InChI=1S/C19H28FN3O2S.HI/c1-3-14(2)22-19(21-11-15-7-9-26(24,25)13-15)23-8-6-16-4-5-18(20)10-17(16)12-23;/h4-5,10,14-15H,3,6-9,11-13H2,1-2H3,(H,21,22);1H. The number of halogens is 2. The summed E-state index contributed by atoms with van der Waals surface area (Å²) in [6.07, 6.45) is 2.51. The molecule has 8 heteroatoms. The smallest absolute Gasteiger partial charge is 0.194 e. The van der Waals surface area contributed by atoms with Gasteiger partial charge < -0.3 is 10.2 Å². The van der Waals surface area contributed by atoms with Gasteiger partial charge in [-0.15, -0.1) is 24.0 Å². The summed E-state index contributed by atoms with van der Waals surface area (Å²) < 4.78 is 36.9. The van der Waals surface area contributed by atoms with Crippen LogP contribution < -0.4 is 5.32 Å². The van der Waals surface area contributed by atoms with E-state index in [1.807, 2.05) is 6.07 Å². The summed E-state index contributed by atoms with van der Waals surface area (Å²) >= 11 is 0. The zero-order valence-electron chi connectivity index (χ0n) is 15.9. The molecule has 3 rings (SSSR count). The van der Waals surface area contributed by atoms with Gasteiger partial charge in [-0.3, -0.25) is 4.99 Å². The molecule has 2 aliphatic rings. The van der Waals surface area contributed by atoms with E-state index in [0.29, 0.717) is 19.5 Å². The molecule has 2 aliphatic heterocycles. The molecule has 0 spiro atoms. The van der Waals surface area contributed by atoms with Gasteiger partial charge >= 0.3 is 0 Å². The molecule has 1 aromatic rings. The lowest BCUT2D eigenvalue weighted by Gasteiger charge is -2.33. The van der Waals surface area contributed by atoms with Crippen LogP contribution in [0.2, 0.25) is 0 Å². The number of nitrogens with zero attached hydrogens (tertiary/aromatic N) is 2. The predicted molar refractivity (Wildman–Crippen MR) is 118 cm³/mol. The van der Waals surface area contributed by atoms with Gasteiger partial charge in [0.2, 0.25) is 0 Å². The Morgan fingerprint density at radius 1 is 1.41 bits per heavy atom. The van der Waals surface area contributed by atoms with Gasteiger partial charge in [-0.2, -0.15) is 0 Å². The van der Waals surface area contributed by atoms with E-state index >= 15 is 0 Å². The zero-order chi connectivity index (χ0) is 18.7. The molecule has 27 heavy (non-hydrogen) atoms. The number of benzene rings is 1. The van der Waals surface area contributed by atoms with Gasteiger partial charge in [0.25, 0.3) is 0 Å². The summed E-state index contributed by atoms with van der Waals surface area (Å²) in [6, 6.07) is 5.26. The number of hydrogen-bond acceptors (Lipinski definition) is 3. The van der Waals surface area contributed by atoms with Crippen LogP contribution in [0.5, 0.6) is 0 Å². The number of sulfone groups is 1. The largest absolute Gasteiger partial charge is 0.354 e. The lowest BCUT2D eigenvalue weighted by molar-refractivity contribution is 0.368. The first-order valence-electron chi connectivity index (χ1n) is 9.40. The van der Waals surface area contributed by atoms with E-state index in [4.69, 9.17) is 4.99 Å². The molecule has 2 unspecified atom stereocenters. The van der Waals surface area contributed by atoms with Crippen molar-refractivity contribution in [3.8, 4) is 0 Å². The van der Waals surface area contributed by atoms with Crippen molar-refractivity contribution in [1.29, 1.82) is 0 Å². The van der Waals surface area contributed by atoms with Crippen molar-refractivity contribution >= 4 is 39.8 Å². The maximum absolute atomic E-state index is 13.6. The molecule has 1 aromatic carbocycles. The molecule has 0 amide bonds. The van der Waals surface area contributed by atoms with Crippen molar-refractivity contribution in [3.63, 3.8) is 0 Å². The van der Waals surface area contributed by atoms with E-state index in [9.17, 15) is 12.8 Å². The van der Waals surface area contributed by atoms with E-state index in [1.54, 1.807) is 6.07 Å². The highest BCUT2D eigenvalue weighted by atomic mass is 127. The SMILES string of the molecule is CCC(C)NC(=NCC1CCS(=O)(=O)C1)N1CCc2ccc(F)cc2C1.I. The number of fused-ring (bicyclic) bond motifs is 1. The maximum Gasteiger partial charge on any atom is 0.194 e. The van der Waals surface area contributed by atoms with Gasteiger partial charge in [-0.05, 0) is 55.4 Å². The normalized spacial score (nSPS) is 22.7. The van der Waals surface area contributed by atoms with E-state index in [0.717, 1.165) is 30.9 Å². The maximum atomic E-state index is 13.6. The molecular weight excluding hydrogens is 480 g/mol. The average molecular weight is 509 g/mol. The van der Waals surface area contributed by atoms with Crippen molar-refractivity contribution < 1.29 is 12.8 Å². The second kappa shape index (κ2) is 9.54. The summed E-state index contributed by atoms with van der Waals surface area (Å²) in [6.45, 7) is 6.18. The van der Waals surface area contributed by atoms with Crippen LogP contribution in [0.15, 0.2) is 23.2 Å². The Morgan fingerprint density at radius 3 is 2.85 bits per heavy atom. The summed E-state index contributed by atoms with van der Waals surface area (Å²) in [4.78, 5) is 6.90. The molecule has 1 N–H and O–H groups in total. The summed E-state index contributed by atoms with van der Waals surface area (Å²) in [5.41, 5.74) is 2.19. The Bertz CT molecular complexity index is 785. The molecule has 5 nitrogen and oxygen atoms in total. The minimum atomic E-state index is -2.89.